The van der Waals surface area contributed by atoms with Gasteiger partial charge >= 0.3 is 0 Å². The molecule has 0 saturated carbocycles. The standard InChI is InChI=1S/C27H34N2O6/c1-28-25(17-10-11-20(32-2)21(14-17)33-3)24(27(31)29-12-8-6-7-9-13-29)18-15-22(34-4)23(35-5)16-19(18)26(28)30/h10-11,14-16,24-25H,6-9,12-13H2,1-5H3. The minimum absolute atomic E-state index is 0.0134. The normalized spacial score (nSPS) is 20.1. The summed E-state index contributed by atoms with van der Waals surface area (Å²) in [4.78, 5) is 31.4. The maximum absolute atomic E-state index is 14.2. The molecule has 1 saturated heterocycles. The highest BCUT2D eigenvalue weighted by atomic mass is 16.5. The molecule has 2 unspecified atom stereocenters. The fraction of sp³-hybridized carbons (Fsp3) is 0.481. The number of hydrogen-bond acceptors (Lipinski definition) is 6. The number of methoxy groups -OCH3 is 4. The summed E-state index contributed by atoms with van der Waals surface area (Å²) in [6.07, 6.45) is 4.20. The van der Waals surface area contributed by atoms with Gasteiger partial charge in [0, 0.05) is 25.7 Å². The van der Waals surface area contributed by atoms with E-state index in [1.165, 1.54) is 7.11 Å². The summed E-state index contributed by atoms with van der Waals surface area (Å²) < 4.78 is 22.0. The second-order valence-corrected chi connectivity index (χ2v) is 8.99. The molecule has 35 heavy (non-hydrogen) atoms. The van der Waals surface area contributed by atoms with Gasteiger partial charge < -0.3 is 28.7 Å². The summed E-state index contributed by atoms with van der Waals surface area (Å²) in [7, 11) is 7.98. The Kier molecular flexibility index (Phi) is 7.38. The van der Waals surface area contributed by atoms with Crippen LogP contribution in [0, 0.1) is 0 Å². The van der Waals surface area contributed by atoms with Crippen molar-refractivity contribution in [2.45, 2.75) is 37.6 Å². The third-order valence-electron chi connectivity index (χ3n) is 7.11. The highest BCUT2D eigenvalue weighted by Gasteiger charge is 2.45. The number of likely N-dealkylation sites (tertiary alicyclic amines) is 1. The predicted octanol–water partition coefficient (Wildman–Crippen LogP) is 4.03. The monoisotopic (exact) mass is 482 g/mol. The van der Waals surface area contributed by atoms with Gasteiger partial charge in [-0.2, -0.15) is 0 Å². The largest absolute Gasteiger partial charge is 0.493 e. The third kappa shape index (κ3) is 4.49. The second-order valence-electron chi connectivity index (χ2n) is 8.99. The van der Waals surface area contributed by atoms with Crippen molar-refractivity contribution in [2.75, 3.05) is 48.6 Å². The van der Waals surface area contributed by atoms with Gasteiger partial charge in [-0.05, 0) is 48.2 Å². The summed E-state index contributed by atoms with van der Waals surface area (Å²) in [6.45, 7) is 1.43. The molecule has 2 heterocycles. The molecule has 0 N–H and O–H groups in total. The van der Waals surface area contributed by atoms with Crippen molar-refractivity contribution in [1.82, 2.24) is 9.80 Å². The van der Waals surface area contributed by atoms with Crippen LogP contribution >= 0.6 is 0 Å². The Morgan fingerprint density at radius 2 is 1.37 bits per heavy atom. The van der Waals surface area contributed by atoms with Crippen LogP contribution in [0.15, 0.2) is 30.3 Å². The second kappa shape index (κ2) is 10.5. The first-order chi connectivity index (χ1) is 16.9. The molecule has 2 aliphatic rings. The Morgan fingerprint density at radius 3 is 1.97 bits per heavy atom. The molecule has 4 rings (SSSR count). The van der Waals surface area contributed by atoms with E-state index in [-0.39, 0.29) is 11.8 Å². The number of benzene rings is 2. The number of rotatable bonds is 6. The van der Waals surface area contributed by atoms with Crippen LogP contribution in [-0.2, 0) is 4.79 Å². The summed E-state index contributed by atoms with van der Waals surface area (Å²) in [6, 6.07) is 8.49. The molecule has 0 aromatic heterocycles. The maximum Gasteiger partial charge on any atom is 0.254 e. The molecule has 188 valence electrons. The number of carbonyl (C=O) groups excluding carboxylic acids is 2. The topological polar surface area (TPSA) is 77.5 Å². The van der Waals surface area contributed by atoms with E-state index in [9.17, 15) is 9.59 Å². The first-order valence-electron chi connectivity index (χ1n) is 12.0. The third-order valence-corrected chi connectivity index (χ3v) is 7.11. The van der Waals surface area contributed by atoms with Crippen molar-refractivity contribution in [3.05, 3.63) is 47.0 Å². The summed E-state index contributed by atoms with van der Waals surface area (Å²) in [5.41, 5.74) is 1.90. The van der Waals surface area contributed by atoms with Gasteiger partial charge in [0.15, 0.2) is 23.0 Å². The fourth-order valence-electron chi connectivity index (χ4n) is 5.26. The van der Waals surface area contributed by atoms with Crippen molar-refractivity contribution >= 4 is 11.8 Å². The van der Waals surface area contributed by atoms with Crippen molar-refractivity contribution in [2.24, 2.45) is 0 Å². The minimum atomic E-state index is -0.608. The average Bonchev–Trinajstić information content (AvgIpc) is 3.18. The highest BCUT2D eigenvalue weighted by molar-refractivity contribution is 6.02. The molecular formula is C27H34N2O6. The number of nitrogens with zero attached hydrogens (tertiary/aromatic N) is 2. The lowest BCUT2D eigenvalue weighted by atomic mass is 9.78. The Balaban J connectivity index is 1.90. The minimum Gasteiger partial charge on any atom is -0.493 e. The Labute approximate surface area is 206 Å². The number of amides is 2. The van der Waals surface area contributed by atoms with E-state index in [2.05, 4.69) is 0 Å². The zero-order valence-electron chi connectivity index (χ0n) is 21.1. The van der Waals surface area contributed by atoms with Gasteiger partial charge in [0.2, 0.25) is 5.91 Å². The van der Waals surface area contributed by atoms with Crippen LogP contribution in [0.25, 0.3) is 0 Å². The smallest absolute Gasteiger partial charge is 0.254 e. The van der Waals surface area contributed by atoms with Crippen molar-refractivity contribution in [1.29, 1.82) is 0 Å². The summed E-state index contributed by atoms with van der Waals surface area (Å²) in [5.74, 6) is 1.30. The zero-order chi connectivity index (χ0) is 25.1. The average molecular weight is 483 g/mol. The molecule has 8 nitrogen and oxygen atoms in total. The molecule has 2 aromatic carbocycles. The van der Waals surface area contributed by atoms with E-state index in [1.807, 2.05) is 23.1 Å². The molecule has 2 atom stereocenters. The Hall–Kier alpha value is -3.42. The Morgan fingerprint density at radius 1 is 0.800 bits per heavy atom. The Bertz CT molecular complexity index is 1090. The maximum atomic E-state index is 14.2. The van der Waals surface area contributed by atoms with E-state index in [0.29, 0.717) is 47.2 Å². The predicted molar refractivity (Wildman–Crippen MR) is 132 cm³/mol. The van der Waals surface area contributed by atoms with Crippen LogP contribution in [0.1, 0.15) is 59.1 Å². The van der Waals surface area contributed by atoms with Gasteiger partial charge in [0.05, 0.1) is 40.4 Å². The lowest BCUT2D eigenvalue weighted by molar-refractivity contribution is -0.134. The molecular weight excluding hydrogens is 448 g/mol. The molecule has 0 spiro atoms. The van der Waals surface area contributed by atoms with E-state index in [4.69, 9.17) is 18.9 Å². The van der Waals surface area contributed by atoms with E-state index in [1.54, 1.807) is 45.4 Å². The van der Waals surface area contributed by atoms with E-state index in [0.717, 1.165) is 31.2 Å². The van der Waals surface area contributed by atoms with Crippen LogP contribution < -0.4 is 18.9 Å². The van der Waals surface area contributed by atoms with Crippen molar-refractivity contribution < 1.29 is 28.5 Å². The molecule has 0 aliphatic carbocycles. The van der Waals surface area contributed by atoms with Gasteiger partial charge in [0.1, 0.15) is 0 Å². The number of hydrogen-bond donors (Lipinski definition) is 0. The number of carbonyl (C=O) groups is 2. The van der Waals surface area contributed by atoms with Crippen LogP contribution in [-0.4, -0.2) is 70.2 Å². The van der Waals surface area contributed by atoms with Gasteiger partial charge in [-0.15, -0.1) is 0 Å². The summed E-state index contributed by atoms with van der Waals surface area (Å²) >= 11 is 0. The first-order valence-corrected chi connectivity index (χ1v) is 12.0. The zero-order valence-corrected chi connectivity index (χ0v) is 21.1. The SMILES string of the molecule is COc1ccc(C2C(C(=O)N3CCCCCC3)c3cc(OC)c(OC)cc3C(=O)N2C)cc1OC. The summed E-state index contributed by atoms with van der Waals surface area (Å²) in [5, 5.41) is 0. The highest BCUT2D eigenvalue weighted by Crippen LogP contribution is 2.47. The van der Waals surface area contributed by atoms with Gasteiger partial charge in [0.25, 0.3) is 5.91 Å². The molecule has 2 aromatic rings. The van der Waals surface area contributed by atoms with Gasteiger partial charge in [-0.1, -0.05) is 18.9 Å². The molecule has 0 radical (unpaired) electrons. The fourth-order valence-corrected chi connectivity index (χ4v) is 5.26. The number of likely N-dealkylation sites (N-methyl/N-ethyl adjacent to an activating group) is 1. The van der Waals surface area contributed by atoms with Crippen molar-refractivity contribution in [3.8, 4) is 23.0 Å². The quantitative estimate of drug-likeness (QED) is 0.619. The molecule has 2 aliphatic heterocycles. The molecule has 1 fully saturated rings. The van der Waals surface area contributed by atoms with Gasteiger partial charge in [-0.25, -0.2) is 0 Å². The van der Waals surface area contributed by atoms with E-state index >= 15 is 0 Å². The van der Waals surface area contributed by atoms with Crippen LogP contribution in [0.3, 0.4) is 0 Å². The lowest BCUT2D eigenvalue weighted by Crippen LogP contribution is -2.47. The number of ether oxygens (including phenoxy) is 4. The number of fused-ring (bicyclic) bond motifs is 1. The van der Waals surface area contributed by atoms with Crippen LogP contribution in [0.4, 0.5) is 0 Å². The van der Waals surface area contributed by atoms with E-state index < -0.39 is 12.0 Å². The molecule has 0 bridgehead atoms. The van der Waals surface area contributed by atoms with Crippen LogP contribution in [0.5, 0.6) is 23.0 Å². The van der Waals surface area contributed by atoms with Crippen LogP contribution in [0.2, 0.25) is 0 Å². The van der Waals surface area contributed by atoms with Gasteiger partial charge in [-0.3, -0.25) is 9.59 Å². The lowest BCUT2D eigenvalue weighted by Gasteiger charge is -2.42. The molecule has 8 heteroatoms. The van der Waals surface area contributed by atoms with Crippen molar-refractivity contribution in [3.63, 3.8) is 0 Å². The first kappa shape index (κ1) is 24.7. The molecule has 2 amide bonds.